The number of carbonyl (C=O) groups is 2. The lowest BCUT2D eigenvalue weighted by atomic mass is 10.1. The van der Waals surface area contributed by atoms with Gasteiger partial charge in [-0.1, -0.05) is 60.7 Å². The number of esters is 1. The maximum atomic E-state index is 13.6. The van der Waals surface area contributed by atoms with Gasteiger partial charge in [-0.2, -0.15) is 0 Å². The Morgan fingerprint density at radius 1 is 0.714 bits per heavy atom. The Labute approximate surface area is 204 Å². The van der Waals surface area contributed by atoms with E-state index in [0.717, 1.165) is 16.9 Å². The minimum absolute atomic E-state index is 0.234. The molecular formula is C29H26N2O4. The van der Waals surface area contributed by atoms with Gasteiger partial charge in [0.15, 0.2) is 0 Å². The van der Waals surface area contributed by atoms with Gasteiger partial charge in [-0.3, -0.25) is 4.79 Å². The van der Waals surface area contributed by atoms with Crippen molar-refractivity contribution in [1.82, 2.24) is 4.90 Å². The number of hydrogen-bond donors (Lipinski definition) is 1. The van der Waals surface area contributed by atoms with Gasteiger partial charge in [0.1, 0.15) is 11.5 Å². The summed E-state index contributed by atoms with van der Waals surface area (Å²) in [5.74, 6) is 0.675. The van der Waals surface area contributed by atoms with Crippen molar-refractivity contribution in [2.45, 2.75) is 13.1 Å². The molecule has 0 radical (unpaired) electrons. The molecule has 2 N–H and O–H groups in total. The van der Waals surface area contributed by atoms with Gasteiger partial charge < -0.3 is 20.1 Å². The first-order chi connectivity index (χ1) is 17.0. The summed E-state index contributed by atoms with van der Waals surface area (Å²) in [6.07, 6.45) is 0. The van der Waals surface area contributed by atoms with Gasteiger partial charge in [0.25, 0.3) is 5.91 Å². The van der Waals surface area contributed by atoms with Crippen LogP contribution >= 0.6 is 0 Å². The maximum Gasteiger partial charge on any atom is 0.337 e. The minimum Gasteiger partial charge on any atom is -0.465 e. The van der Waals surface area contributed by atoms with Crippen LogP contribution in [0.25, 0.3) is 0 Å². The maximum absolute atomic E-state index is 13.6. The molecule has 0 aliphatic carbocycles. The third-order valence-corrected chi connectivity index (χ3v) is 5.40. The molecule has 6 heteroatoms. The van der Waals surface area contributed by atoms with Crippen molar-refractivity contribution in [1.29, 1.82) is 0 Å². The minimum atomic E-state index is -0.546. The Hall–Kier alpha value is -4.58. The van der Waals surface area contributed by atoms with Crippen LogP contribution in [0.3, 0.4) is 0 Å². The van der Waals surface area contributed by atoms with Crippen molar-refractivity contribution >= 4 is 17.6 Å². The second-order valence-corrected chi connectivity index (χ2v) is 8.04. The number of hydrogen-bond acceptors (Lipinski definition) is 5. The smallest absolute Gasteiger partial charge is 0.337 e. The van der Waals surface area contributed by atoms with Crippen LogP contribution in [0, 0.1) is 0 Å². The number of nitrogen functional groups attached to an aromatic ring is 1. The van der Waals surface area contributed by atoms with Gasteiger partial charge in [0.05, 0.1) is 12.7 Å². The highest BCUT2D eigenvalue weighted by molar-refractivity contribution is 5.99. The molecule has 0 atom stereocenters. The van der Waals surface area contributed by atoms with E-state index in [0.29, 0.717) is 30.1 Å². The molecule has 176 valence electrons. The van der Waals surface area contributed by atoms with E-state index in [-0.39, 0.29) is 11.5 Å². The summed E-state index contributed by atoms with van der Waals surface area (Å²) < 4.78 is 10.7. The zero-order chi connectivity index (χ0) is 24.6. The Morgan fingerprint density at radius 3 is 1.89 bits per heavy atom. The highest BCUT2D eigenvalue weighted by Gasteiger charge is 2.19. The fraction of sp³-hybridized carbons (Fsp3) is 0.103. The zero-order valence-corrected chi connectivity index (χ0v) is 19.4. The molecule has 4 aromatic rings. The molecule has 1 amide bonds. The summed E-state index contributed by atoms with van der Waals surface area (Å²) in [7, 11) is 1.29. The molecule has 0 heterocycles. The molecule has 0 aromatic heterocycles. The van der Waals surface area contributed by atoms with Crippen molar-refractivity contribution in [3.8, 4) is 11.5 Å². The fourth-order valence-corrected chi connectivity index (χ4v) is 3.70. The van der Waals surface area contributed by atoms with Crippen molar-refractivity contribution < 1.29 is 19.1 Å². The predicted molar refractivity (Wildman–Crippen MR) is 135 cm³/mol. The van der Waals surface area contributed by atoms with Crippen LogP contribution in [0.1, 0.15) is 31.8 Å². The Balaban J connectivity index is 1.58. The van der Waals surface area contributed by atoms with Crippen LogP contribution in [0.2, 0.25) is 0 Å². The predicted octanol–water partition coefficient (Wildman–Crippen LogP) is 5.69. The number of nitrogens with two attached hydrogens (primary N) is 1. The molecule has 0 aliphatic heterocycles. The average molecular weight is 467 g/mol. The Morgan fingerprint density at radius 2 is 1.26 bits per heavy atom. The lowest BCUT2D eigenvalue weighted by Crippen LogP contribution is -2.30. The monoisotopic (exact) mass is 466 g/mol. The Kier molecular flexibility index (Phi) is 7.43. The van der Waals surface area contributed by atoms with Crippen LogP contribution in [0.15, 0.2) is 103 Å². The molecule has 4 aromatic carbocycles. The first-order valence-electron chi connectivity index (χ1n) is 11.2. The zero-order valence-electron chi connectivity index (χ0n) is 19.4. The van der Waals surface area contributed by atoms with E-state index in [2.05, 4.69) is 0 Å². The van der Waals surface area contributed by atoms with E-state index in [1.807, 2.05) is 84.9 Å². The number of ether oxygens (including phenoxy) is 2. The highest BCUT2D eigenvalue weighted by Crippen LogP contribution is 2.23. The summed E-state index contributed by atoms with van der Waals surface area (Å²) in [5, 5.41) is 0. The van der Waals surface area contributed by atoms with Gasteiger partial charge in [-0.25, -0.2) is 4.79 Å². The largest absolute Gasteiger partial charge is 0.465 e. The number of rotatable bonds is 8. The van der Waals surface area contributed by atoms with Gasteiger partial charge in [0, 0.05) is 24.3 Å². The van der Waals surface area contributed by atoms with Crippen molar-refractivity contribution in [2.24, 2.45) is 0 Å². The normalized spacial score (nSPS) is 10.4. The quantitative estimate of drug-likeness (QED) is 0.266. The van der Waals surface area contributed by atoms with Crippen LogP contribution in [-0.2, 0) is 17.8 Å². The Bertz CT molecular complexity index is 1290. The van der Waals surface area contributed by atoms with E-state index in [4.69, 9.17) is 15.2 Å². The van der Waals surface area contributed by atoms with Crippen LogP contribution in [0.5, 0.6) is 11.5 Å². The number of amides is 1. The molecule has 0 spiro atoms. The van der Waals surface area contributed by atoms with E-state index in [9.17, 15) is 9.59 Å². The van der Waals surface area contributed by atoms with Gasteiger partial charge in [-0.15, -0.1) is 0 Å². The summed E-state index contributed by atoms with van der Waals surface area (Å²) in [5.41, 5.74) is 8.78. The number of anilines is 1. The molecule has 0 fully saturated rings. The van der Waals surface area contributed by atoms with Crippen molar-refractivity contribution in [3.63, 3.8) is 0 Å². The molecule has 0 saturated heterocycles. The molecule has 35 heavy (non-hydrogen) atoms. The molecule has 0 unspecified atom stereocenters. The number of methoxy groups -OCH3 is 1. The second-order valence-electron chi connectivity index (χ2n) is 8.04. The first-order valence-corrected chi connectivity index (χ1v) is 11.2. The van der Waals surface area contributed by atoms with E-state index < -0.39 is 5.97 Å². The molecule has 0 bridgehead atoms. The number of nitrogens with zero attached hydrogens (tertiary/aromatic N) is 1. The summed E-state index contributed by atoms with van der Waals surface area (Å²) in [4.78, 5) is 27.3. The fourth-order valence-electron chi connectivity index (χ4n) is 3.70. The van der Waals surface area contributed by atoms with E-state index >= 15 is 0 Å². The van der Waals surface area contributed by atoms with Gasteiger partial charge in [-0.05, 0) is 53.6 Å². The molecule has 6 nitrogen and oxygen atoms in total. The van der Waals surface area contributed by atoms with Crippen molar-refractivity contribution in [2.75, 3.05) is 12.8 Å². The standard InChI is InChI=1S/C29H26N2O4/c1-34-29(33)24-16-23(17-25(30)18-24)28(32)31(19-21-8-4-2-5-9-21)20-22-12-14-27(15-13-22)35-26-10-6-3-7-11-26/h2-18H,19-20,30H2,1H3. The third-order valence-electron chi connectivity index (χ3n) is 5.40. The summed E-state index contributed by atoms with van der Waals surface area (Å²) in [6, 6.07) is 31.5. The molecular weight excluding hydrogens is 440 g/mol. The van der Waals surface area contributed by atoms with Gasteiger partial charge >= 0.3 is 5.97 Å². The molecule has 4 rings (SSSR count). The number of para-hydroxylation sites is 1. The van der Waals surface area contributed by atoms with E-state index in [1.54, 1.807) is 11.0 Å². The highest BCUT2D eigenvalue weighted by atomic mass is 16.5. The number of carbonyl (C=O) groups excluding carboxylic acids is 2. The first kappa shape index (κ1) is 23.6. The topological polar surface area (TPSA) is 81.9 Å². The van der Waals surface area contributed by atoms with Crippen molar-refractivity contribution in [3.05, 3.63) is 125 Å². The van der Waals surface area contributed by atoms with Crippen LogP contribution in [0.4, 0.5) is 5.69 Å². The summed E-state index contributed by atoms with van der Waals surface area (Å²) >= 11 is 0. The molecule has 0 saturated carbocycles. The third kappa shape index (κ3) is 6.26. The SMILES string of the molecule is COC(=O)c1cc(N)cc(C(=O)N(Cc2ccccc2)Cc2ccc(Oc3ccccc3)cc2)c1. The average Bonchev–Trinajstić information content (AvgIpc) is 2.89. The summed E-state index contributed by atoms with van der Waals surface area (Å²) in [6.45, 7) is 0.756. The lowest BCUT2D eigenvalue weighted by Gasteiger charge is -2.24. The van der Waals surface area contributed by atoms with Gasteiger partial charge in [0.2, 0.25) is 0 Å². The van der Waals surface area contributed by atoms with Crippen LogP contribution < -0.4 is 10.5 Å². The number of benzene rings is 4. The lowest BCUT2D eigenvalue weighted by molar-refractivity contribution is 0.0600. The molecule has 0 aliphatic rings. The second kappa shape index (κ2) is 11.0. The van der Waals surface area contributed by atoms with E-state index in [1.165, 1.54) is 19.2 Å². The van der Waals surface area contributed by atoms with Crippen LogP contribution in [-0.4, -0.2) is 23.9 Å².